The summed E-state index contributed by atoms with van der Waals surface area (Å²) in [6, 6.07) is 56.0. The van der Waals surface area contributed by atoms with E-state index in [1.54, 1.807) is 0 Å². The van der Waals surface area contributed by atoms with Crippen LogP contribution in [-0.4, -0.2) is 174 Å². The van der Waals surface area contributed by atoms with Crippen LogP contribution < -0.4 is 0 Å². The van der Waals surface area contributed by atoms with Crippen LogP contribution in [0.1, 0.15) is 33.4 Å². The minimum Gasteiger partial charge on any atom is -0.394 e. The van der Waals surface area contributed by atoms with E-state index >= 15 is 0 Å². The van der Waals surface area contributed by atoms with Gasteiger partial charge in [0.1, 0.15) is 73.2 Å². The predicted molar refractivity (Wildman–Crippen MR) is 289 cm³/mol. The summed E-state index contributed by atoms with van der Waals surface area (Å²) in [5.74, 6) is 0. The van der Waals surface area contributed by atoms with E-state index < -0.39 is 113 Å². The summed E-state index contributed by atoms with van der Waals surface area (Å²) in [6.45, 7) is -2.28. The van der Waals surface area contributed by atoms with Crippen molar-refractivity contribution in [2.24, 2.45) is 0 Å². The third-order valence-electron chi connectivity index (χ3n) is 12.1. The van der Waals surface area contributed by atoms with Gasteiger partial charge in [0.25, 0.3) is 0 Å². The van der Waals surface area contributed by atoms with Gasteiger partial charge in [-0.15, -0.1) is 0 Å². The van der Waals surface area contributed by atoms with Crippen molar-refractivity contribution in [3.63, 3.8) is 0 Å². The maximum atomic E-state index is 10.2. The van der Waals surface area contributed by atoms with E-state index in [0.717, 1.165) is 33.4 Å². The largest absolute Gasteiger partial charge is 0.394 e. The molecule has 0 aliphatic carbocycles. The fraction of sp³-hybridized carbons (Fsp3) is 0.400. The molecule has 0 aromatic heterocycles. The molecule has 81 heavy (non-hydrogen) atoms. The summed E-state index contributed by atoms with van der Waals surface area (Å²) in [5, 5.41) is 117. The minimum atomic E-state index is -1.26. The van der Waals surface area contributed by atoms with E-state index in [1.165, 1.54) is 0 Å². The fourth-order valence-electron chi connectivity index (χ4n) is 7.77. The van der Waals surface area contributed by atoms with E-state index in [-0.39, 0.29) is 105 Å². The molecule has 0 aliphatic rings. The summed E-state index contributed by atoms with van der Waals surface area (Å²) < 4.78 is 34.5. The summed E-state index contributed by atoms with van der Waals surface area (Å²) in [5.41, 5.74) is 5.27. The summed E-state index contributed by atoms with van der Waals surface area (Å²) in [6.07, 6.45) is -13.6. The monoisotopic (exact) mass is 1230 g/mol. The van der Waals surface area contributed by atoms with Gasteiger partial charge in [-0.3, -0.25) is 0 Å². The Morgan fingerprint density at radius 1 is 0.210 bits per heavy atom. The molecule has 0 amide bonds. The van der Waals surface area contributed by atoms with Gasteiger partial charge in [0.15, 0.2) is 0 Å². The molecule has 0 saturated heterocycles. The van der Waals surface area contributed by atoms with Crippen molar-refractivity contribution >= 4 is 0 Å². The van der Waals surface area contributed by atoms with Gasteiger partial charge >= 0.3 is 0 Å². The van der Waals surface area contributed by atoms with Crippen LogP contribution in [0, 0.1) is 0 Å². The molecule has 12 atom stereocenters. The third kappa shape index (κ3) is 28.5. The van der Waals surface area contributed by atoms with Crippen molar-refractivity contribution in [2.75, 3.05) is 39.6 Å². The van der Waals surface area contributed by atoms with E-state index in [2.05, 4.69) is 0 Å². The Morgan fingerprint density at radius 2 is 0.321 bits per heavy atom. The van der Waals surface area contributed by atoms with Gasteiger partial charge in [-0.1, -0.05) is 182 Å². The molecule has 0 radical (unpaired) electrons. The van der Waals surface area contributed by atoms with E-state index in [1.807, 2.05) is 182 Å². The second kappa shape index (κ2) is 45.2. The fourth-order valence-corrected chi connectivity index (χ4v) is 7.77. The van der Waals surface area contributed by atoms with Crippen LogP contribution in [0.5, 0.6) is 0 Å². The van der Waals surface area contributed by atoms with Crippen LogP contribution in [0.3, 0.4) is 0 Å². The van der Waals surface area contributed by atoms with E-state index in [4.69, 9.17) is 28.4 Å². The second-order valence-electron chi connectivity index (χ2n) is 18.1. The molecule has 0 fully saturated rings. The van der Waals surface area contributed by atoms with Crippen molar-refractivity contribution in [2.45, 2.75) is 113 Å². The molecule has 0 unspecified atom stereocenters. The number of aliphatic hydroxyl groups is 12. The van der Waals surface area contributed by atoms with E-state index in [9.17, 15) is 61.3 Å². The maximum absolute atomic E-state index is 10.2. The van der Waals surface area contributed by atoms with Gasteiger partial charge in [0.05, 0.1) is 79.3 Å². The van der Waals surface area contributed by atoms with Crippen LogP contribution in [0.15, 0.2) is 182 Å². The molecule has 12 N–H and O–H groups in total. The number of hydrogen-bond donors (Lipinski definition) is 12. The molecule has 438 valence electrons. The van der Waals surface area contributed by atoms with Crippen molar-refractivity contribution in [1.29, 1.82) is 0 Å². The molecule has 0 spiro atoms. The Kier molecular flexibility index (Phi) is 42.2. The average Bonchev–Trinajstić information content (AvgIpc) is 3.51. The summed E-state index contributed by atoms with van der Waals surface area (Å²) in [4.78, 5) is 0. The zero-order valence-corrected chi connectivity index (χ0v) is 49.7. The number of rotatable bonds is 33. The Hall–Kier alpha value is -3.26. The first-order valence-corrected chi connectivity index (χ1v) is 25.6. The molecule has 6 rings (SSSR count). The third-order valence-corrected chi connectivity index (χ3v) is 12.1. The second-order valence-corrected chi connectivity index (χ2v) is 18.1. The van der Waals surface area contributed by atoms with Crippen LogP contribution >= 0.6 is 0 Å². The van der Waals surface area contributed by atoms with Crippen LogP contribution in [0.4, 0.5) is 0 Å². The average molecular weight is 1230 g/mol. The molecule has 0 heterocycles. The standard InChI is InChI=1S/3C20H26O6.3Ti/c3*21-11-17(23)19(25-13-15-7-3-1-4-8-15)20(18(24)12-22)26-14-16-9-5-2-6-10-16;;;/h3*1-10,17-24H,11-14H2;;;/t3*17-,18-,19-,20-;;;/m111.../s1. The topological polar surface area (TPSA) is 298 Å². The molecule has 0 bridgehead atoms. The van der Waals surface area contributed by atoms with Crippen molar-refractivity contribution in [3.8, 4) is 0 Å². The number of ether oxygens (including phenoxy) is 6. The molecule has 18 nitrogen and oxygen atoms in total. The zero-order chi connectivity index (χ0) is 56.3. The molecule has 0 saturated carbocycles. The molecule has 6 aromatic rings. The Bertz CT molecular complexity index is 1930. The minimum absolute atomic E-state index is 0. The molecular weight excluding hydrogens is 1150 g/mol. The first-order valence-electron chi connectivity index (χ1n) is 25.6. The van der Waals surface area contributed by atoms with Gasteiger partial charge in [0, 0.05) is 65.2 Å². The molecule has 6 aromatic carbocycles. The van der Waals surface area contributed by atoms with Crippen molar-refractivity contribution in [1.82, 2.24) is 0 Å². The molecule has 0 aliphatic heterocycles. The summed E-state index contributed by atoms with van der Waals surface area (Å²) in [7, 11) is 0. The smallest absolute Gasteiger partial charge is 0.115 e. The summed E-state index contributed by atoms with van der Waals surface area (Å²) >= 11 is 0. The first kappa shape index (κ1) is 75.8. The SMILES string of the molecule is OC[C@@H](O)[C@@H](OCc1ccccc1)[C@H](OCc1ccccc1)[C@H](O)CO.OC[C@@H](O)[C@@H](OCc1ccccc1)[C@H](OCc1ccccc1)[C@H](O)CO.OC[C@@H](O)[C@@H](OCc1ccccc1)[C@H](OCc1ccccc1)[C@H](O)CO.[Ti].[Ti].[Ti]. The van der Waals surface area contributed by atoms with Crippen LogP contribution in [0.2, 0.25) is 0 Å². The van der Waals surface area contributed by atoms with Crippen molar-refractivity contribution in [3.05, 3.63) is 215 Å². The first-order chi connectivity index (χ1) is 38.0. The van der Waals surface area contributed by atoms with Gasteiger partial charge in [-0.05, 0) is 33.4 Å². The Balaban J connectivity index is 0.000000596. The van der Waals surface area contributed by atoms with Crippen LogP contribution in [-0.2, 0) is 133 Å². The van der Waals surface area contributed by atoms with Gasteiger partial charge in [-0.2, -0.15) is 0 Å². The normalized spacial score (nSPS) is 15.4. The Labute approximate surface area is 519 Å². The van der Waals surface area contributed by atoms with Crippen molar-refractivity contribution < 1.29 is 155 Å². The van der Waals surface area contributed by atoms with Gasteiger partial charge in [0.2, 0.25) is 0 Å². The quantitative estimate of drug-likeness (QED) is 0.0264. The number of hydrogen-bond acceptors (Lipinski definition) is 18. The number of aliphatic hydroxyl groups excluding tert-OH is 12. The zero-order valence-electron chi connectivity index (χ0n) is 45.1. The van der Waals surface area contributed by atoms with Gasteiger partial charge in [-0.25, -0.2) is 0 Å². The van der Waals surface area contributed by atoms with Gasteiger partial charge < -0.3 is 89.7 Å². The Morgan fingerprint density at radius 3 is 0.420 bits per heavy atom. The number of benzene rings is 6. The molecular formula is C60H78O18Ti3. The predicted octanol–water partition coefficient (Wildman–Crippen LogP) is 2.58. The van der Waals surface area contributed by atoms with Crippen LogP contribution in [0.25, 0.3) is 0 Å². The molecule has 21 heteroatoms. The maximum Gasteiger partial charge on any atom is 0.115 e. The van der Waals surface area contributed by atoms with E-state index in [0.29, 0.717) is 0 Å².